The number of hydrogen-bond donors (Lipinski definition) is 1. The fourth-order valence-electron chi connectivity index (χ4n) is 6.73. The van der Waals surface area contributed by atoms with Gasteiger partial charge in [0.25, 0.3) is 0 Å². The third-order valence-electron chi connectivity index (χ3n) is 10.8. The molecule has 2 aromatic carbocycles. The van der Waals surface area contributed by atoms with Gasteiger partial charge in [0.1, 0.15) is 42.8 Å². The normalized spacial score (nSPS) is 31.6. The number of halogens is 1. The number of esters is 2. The molecule has 2 aromatic rings. The second kappa shape index (κ2) is 15.2. The fraction of sp³-hybridized carbons (Fsp3) is 0.550. The molecule has 6 rings (SSSR count). The summed E-state index contributed by atoms with van der Waals surface area (Å²) in [6.45, 7) is 21.1. The predicted molar refractivity (Wildman–Crippen MR) is 194 cm³/mol. The van der Waals surface area contributed by atoms with Crippen LogP contribution in [0, 0.1) is 5.92 Å². The van der Waals surface area contributed by atoms with E-state index in [0.29, 0.717) is 35.5 Å². The Morgan fingerprint density at radius 3 is 1.78 bits per heavy atom. The van der Waals surface area contributed by atoms with Crippen LogP contribution in [0.25, 0.3) is 0 Å². The first-order chi connectivity index (χ1) is 23.0. The molecule has 0 radical (unpaired) electrons. The molecule has 2 saturated carbocycles. The first kappa shape index (κ1) is 39.6. The van der Waals surface area contributed by atoms with E-state index in [1.54, 1.807) is 48.5 Å². The lowest BCUT2D eigenvalue weighted by atomic mass is 9.75. The fourth-order valence-corrected chi connectivity index (χ4v) is 8.10. The monoisotopic (exact) mass is 710 g/mol. The molecule has 50 heavy (non-hydrogen) atoms. The first-order valence-electron chi connectivity index (χ1n) is 17.2. The number of alkyl halides is 1. The van der Waals surface area contributed by atoms with E-state index in [1.165, 1.54) is 0 Å². The number of benzene rings is 2. The molecule has 8 atom stereocenters. The molecular formula is C40H55FO8Si. The topological polar surface area (TPSA) is 107 Å². The lowest BCUT2D eigenvalue weighted by Crippen LogP contribution is -2.48. The van der Waals surface area contributed by atoms with Crippen LogP contribution < -0.4 is 0 Å². The minimum Gasteiger partial charge on any atom is -0.459 e. The van der Waals surface area contributed by atoms with Crippen molar-refractivity contribution in [1.29, 1.82) is 0 Å². The lowest BCUT2D eigenvalue weighted by Gasteiger charge is -2.42. The van der Waals surface area contributed by atoms with Crippen molar-refractivity contribution in [3.63, 3.8) is 0 Å². The van der Waals surface area contributed by atoms with Crippen molar-refractivity contribution in [2.75, 3.05) is 13.2 Å². The number of ether oxygens (including phenoxy) is 4. The largest absolute Gasteiger partial charge is 0.459 e. The average Bonchev–Trinajstić information content (AvgIpc) is 3.95. The van der Waals surface area contributed by atoms with Crippen molar-refractivity contribution < 1.29 is 42.5 Å². The van der Waals surface area contributed by atoms with Gasteiger partial charge in [0, 0.05) is 12.8 Å². The summed E-state index contributed by atoms with van der Waals surface area (Å²) in [6, 6.07) is 17.7. The molecule has 10 heteroatoms. The molecule has 4 fully saturated rings. The van der Waals surface area contributed by atoms with Crippen LogP contribution in [0.4, 0.5) is 4.39 Å². The zero-order chi connectivity index (χ0) is 35.8. The van der Waals surface area contributed by atoms with Gasteiger partial charge in [-0.05, 0) is 72.3 Å². The quantitative estimate of drug-likeness (QED) is 0.127. The number of rotatable bonds is 8. The maximum atomic E-state index is 14.7. The number of epoxide rings is 2. The van der Waals surface area contributed by atoms with Crippen molar-refractivity contribution in [3.8, 4) is 0 Å². The third kappa shape index (κ3) is 8.48. The van der Waals surface area contributed by atoms with Gasteiger partial charge in [-0.1, -0.05) is 84.7 Å². The third-order valence-corrected chi connectivity index (χ3v) is 15.3. The van der Waals surface area contributed by atoms with Crippen molar-refractivity contribution in [2.45, 2.75) is 121 Å². The summed E-state index contributed by atoms with van der Waals surface area (Å²) in [7, 11) is -2.02. The van der Waals surface area contributed by atoms with E-state index in [0.717, 1.165) is 18.4 Å². The molecule has 8 nitrogen and oxygen atoms in total. The summed E-state index contributed by atoms with van der Waals surface area (Å²) in [5.74, 6) is -0.380. The summed E-state index contributed by atoms with van der Waals surface area (Å²) in [6.07, 6.45) is -0.0270. The van der Waals surface area contributed by atoms with E-state index < -0.39 is 37.8 Å². The van der Waals surface area contributed by atoms with Crippen molar-refractivity contribution in [2.24, 2.45) is 5.92 Å². The van der Waals surface area contributed by atoms with E-state index in [1.807, 2.05) is 12.1 Å². The van der Waals surface area contributed by atoms with Gasteiger partial charge in [-0.15, -0.1) is 0 Å². The molecule has 0 bridgehead atoms. The highest BCUT2D eigenvalue weighted by atomic mass is 28.4. The van der Waals surface area contributed by atoms with Crippen LogP contribution in [0.2, 0.25) is 18.1 Å². The lowest BCUT2D eigenvalue weighted by molar-refractivity contribution is 0.0468. The molecule has 1 N–H and O–H groups in total. The second-order valence-corrected chi connectivity index (χ2v) is 20.2. The average molecular weight is 711 g/mol. The van der Waals surface area contributed by atoms with E-state index in [9.17, 15) is 19.1 Å². The Hall–Kier alpha value is -3.15. The molecule has 0 amide bonds. The summed E-state index contributed by atoms with van der Waals surface area (Å²) in [4.78, 5) is 24.1. The molecule has 0 aromatic heterocycles. The Labute approximate surface area is 298 Å². The SMILES string of the molecule is C.C=C1C(O)CC(C)CC12OC2COC(=O)c1ccccc1.C=C1[C@@H](F)CC(O[Si](C)(C)C(C)(C)C)CC12OC2COC(=O)c1ccccc1. The van der Waals surface area contributed by atoms with Crippen LogP contribution >= 0.6 is 0 Å². The number of carbonyl (C=O) groups is 2. The molecule has 2 aliphatic carbocycles. The summed E-state index contributed by atoms with van der Waals surface area (Å²) >= 11 is 0. The molecule has 2 heterocycles. The van der Waals surface area contributed by atoms with Crippen LogP contribution in [0.3, 0.4) is 0 Å². The predicted octanol–water partition coefficient (Wildman–Crippen LogP) is 8.02. The van der Waals surface area contributed by atoms with Crippen molar-refractivity contribution in [1.82, 2.24) is 0 Å². The second-order valence-electron chi connectivity index (χ2n) is 15.4. The van der Waals surface area contributed by atoms with Gasteiger partial charge in [-0.25, -0.2) is 14.0 Å². The molecule has 2 aliphatic heterocycles. The minimum atomic E-state index is -2.02. The van der Waals surface area contributed by atoms with Crippen LogP contribution in [0.5, 0.6) is 0 Å². The van der Waals surface area contributed by atoms with Gasteiger partial charge < -0.3 is 28.5 Å². The first-order valence-corrected chi connectivity index (χ1v) is 20.1. The highest BCUT2D eigenvalue weighted by molar-refractivity contribution is 6.74. The van der Waals surface area contributed by atoms with Gasteiger partial charge in [0.05, 0.1) is 23.3 Å². The van der Waals surface area contributed by atoms with Crippen molar-refractivity contribution >= 4 is 20.3 Å². The van der Waals surface area contributed by atoms with E-state index in [2.05, 4.69) is 53.9 Å². The number of carbonyl (C=O) groups excluding carboxylic acids is 2. The Kier molecular flexibility index (Phi) is 12.1. The van der Waals surface area contributed by atoms with Crippen molar-refractivity contribution in [3.05, 3.63) is 96.1 Å². The molecule has 274 valence electrons. The Morgan fingerprint density at radius 2 is 1.32 bits per heavy atom. The van der Waals surface area contributed by atoms with Gasteiger partial charge in [0.15, 0.2) is 8.32 Å². The van der Waals surface area contributed by atoms with Crippen LogP contribution in [0.1, 0.15) is 81.5 Å². The van der Waals surface area contributed by atoms with E-state index in [-0.39, 0.29) is 50.0 Å². The summed E-state index contributed by atoms with van der Waals surface area (Å²) < 4.78 is 43.5. The molecule has 7 unspecified atom stereocenters. The Bertz CT molecular complexity index is 1520. The zero-order valence-corrected chi connectivity index (χ0v) is 30.6. The number of aliphatic hydroxyl groups excluding tert-OH is 1. The summed E-state index contributed by atoms with van der Waals surface area (Å²) in [5, 5.41) is 10.1. The van der Waals surface area contributed by atoms with E-state index >= 15 is 0 Å². The standard InChI is InChI=1S/C22H31FO4Si.C17H20O4.CH4/c1-15-18(23)12-17(27-28(5,6)21(2,3)4)13-22(15)19(26-22)14-25-20(24)16-10-8-7-9-11-16;1-11-8-14(18)12(2)17(9-11)15(21-17)10-20-16(19)13-6-4-3-5-7-13;/h7-11,17-19H,1,12-14H2,2-6H3;3-7,11,14-15,18H,2,8-10H2,1H3;1H4/t17?,18-,19?,22?;;/m0../s1. The Morgan fingerprint density at radius 1 is 0.860 bits per heavy atom. The minimum absolute atomic E-state index is 0. The van der Waals surface area contributed by atoms with Crippen LogP contribution in [-0.4, -0.2) is 80.4 Å². The summed E-state index contributed by atoms with van der Waals surface area (Å²) in [5.41, 5.74) is 0.922. The maximum absolute atomic E-state index is 14.7. The number of aliphatic hydroxyl groups is 1. The van der Waals surface area contributed by atoms with Gasteiger partial charge in [-0.3, -0.25) is 0 Å². The highest BCUT2D eigenvalue weighted by Crippen LogP contribution is 2.54. The smallest absolute Gasteiger partial charge is 0.338 e. The molecule has 4 aliphatic rings. The van der Waals surface area contributed by atoms with Gasteiger partial charge >= 0.3 is 11.9 Å². The van der Waals surface area contributed by atoms with E-state index in [4.69, 9.17) is 23.4 Å². The zero-order valence-electron chi connectivity index (χ0n) is 29.6. The Balaban J connectivity index is 0.000000229. The van der Waals surface area contributed by atoms with Crippen LogP contribution in [0.15, 0.2) is 85.0 Å². The van der Waals surface area contributed by atoms with Gasteiger partial charge in [-0.2, -0.15) is 0 Å². The maximum Gasteiger partial charge on any atom is 0.338 e. The highest BCUT2D eigenvalue weighted by Gasteiger charge is 2.64. The molecule has 2 spiro atoms. The van der Waals surface area contributed by atoms with Crippen LogP contribution in [-0.2, 0) is 23.4 Å². The van der Waals surface area contributed by atoms with Gasteiger partial charge in [0.2, 0.25) is 0 Å². The molecule has 2 saturated heterocycles. The number of hydrogen-bond acceptors (Lipinski definition) is 8. The molecular weight excluding hydrogens is 656 g/mol.